The van der Waals surface area contributed by atoms with Crippen molar-refractivity contribution in [2.24, 2.45) is 0 Å². The summed E-state index contributed by atoms with van der Waals surface area (Å²) in [5.74, 6) is -1.06. The number of aliphatic carboxylic acids is 1. The van der Waals surface area contributed by atoms with Crippen molar-refractivity contribution < 1.29 is 14.7 Å². The molecule has 1 unspecified atom stereocenters. The molecule has 102 valence electrons. The molecular formula is C14H18N2O3. The zero-order valence-electron chi connectivity index (χ0n) is 10.8. The van der Waals surface area contributed by atoms with Gasteiger partial charge in [-0.15, -0.1) is 0 Å². The predicted molar refractivity (Wildman–Crippen MR) is 72.9 cm³/mol. The van der Waals surface area contributed by atoms with Gasteiger partial charge in [-0.25, -0.2) is 9.59 Å². The smallest absolute Gasteiger partial charge is 0.326 e. The summed E-state index contributed by atoms with van der Waals surface area (Å²) in [6.45, 7) is 5.75. The Morgan fingerprint density at radius 1 is 1.32 bits per heavy atom. The minimum Gasteiger partial charge on any atom is -0.480 e. The van der Waals surface area contributed by atoms with Crippen LogP contribution in [0.4, 0.5) is 4.79 Å². The molecule has 1 aromatic rings. The van der Waals surface area contributed by atoms with Gasteiger partial charge in [0.05, 0.1) is 0 Å². The largest absolute Gasteiger partial charge is 0.480 e. The van der Waals surface area contributed by atoms with E-state index in [4.69, 9.17) is 5.11 Å². The molecule has 19 heavy (non-hydrogen) atoms. The standard InChI is InChI=1S/C14H18N2O3/c1-10(2)9-15-14(19)16-12(13(17)18)8-11-6-4-3-5-7-11/h3-7,12H,1,8-9H2,2H3,(H,17,18)(H2,15,16,19). The highest BCUT2D eigenvalue weighted by Crippen LogP contribution is 2.03. The van der Waals surface area contributed by atoms with Crippen molar-refractivity contribution >= 4 is 12.0 Å². The third kappa shape index (κ3) is 5.72. The Bertz CT molecular complexity index is 457. The number of amides is 2. The summed E-state index contributed by atoms with van der Waals surface area (Å²) in [4.78, 5) is 22.6. The normalized spacial score (nSPS) is 11.4. The van der Waals surface area contributed by atoms with Crippen molar-refractivity contribution in [3.05, 3.63) is 48.0 Å². The molecule has 0 aliphatic heterocycles. The van der Waals surface area contributed by atoms with Gasteiger partial charge in [0.1, 0.15) is 6.04 Å². The molecule has 0 spiro atoms. The number of carbonyl (C=O) groups is 2. The van der Waals surface area contributed by atoms with Crippen LogP contribution in [0.15, 0.2) is 42.5 Å². The summed E-state index contributed by atoms with van der Waals surface area (Å²) in [5, 5.41) is 14.1. The fourth-order valence-corrected chi connectivity index (χ4v) is 1.49. The van der Waals surface area contributed by atoms with Crippen LogP contribution < -0.4 is 10.6 Å². The second-order valence-electron chi connectivity index (χ2n) is 4.36. The number of nitrogens with one attached hydrogen (secondary N) is 2. The molecule has 0 bridgehead atoms. The van der Waals surface area contributed by atoms with Crippen LogP contribution in [0.5, 0.6) is 0 Å². The first-order valence-electron chi connectivity index (χ1n) is 5.94. The number of carboxylic acid groups (broad SMARTS) is 1. The lowest BCUT2D eigenvalue weighted by Gasteiger charge is -2.15. The summed E-state index contributed by atoms with van der Waals surface area (Å²) in [6.07, 6.45) is 0.247. The molecule has 0 saturated carbocycles. The van der Waals surface area contributed by atoms with E-state index in [0.717, 1.165) is 11.1 Å². The van der Waals surface area contributed by atoms with Gasteiger partial charge >= 0.3 is 12.0 Å². The minimum absolute atomic E-state index is 0.247. The molecule has 0 saturated heterocycles. The maximum absolute atomic E-state index is 11.5. The molecule has 5 heteroatoms. The minimum atomic E-state index is -1.06. The van der Waals surface area contributed by atoms with E-state index in [1.165, 1.54) is 0 Å². The van der Waals surface area contributed by atoms with Gasteiger partial charge in [0.2, 0.25) is 0 Å². The second kappa shape index (κ2) is 7.20. The molecule has 0 fully saturated rings. The summed E-state index contributed by atoms with van der Waals surface area (Å²) in [7, 11) is 0. The first-order chi connectivity index (χ1) is 8.99. The summed E-state index contributed by atoms with van der Waals surface area (Å²) >= 11 is 0. The maximum Gasteiger partial charge on any atom is 0.326 e. The van der Waals surface area contributed by atoms with E-state index in [1.807, 2.05) is 30.3 Å². The lowest BCUT2D eigenvalue weighted by molar-refractivity contribution is -0.139. The lowest BCUT2D eigenvalue weighted by Crippen LogP contribution is -2.47. The molecule has 0 radical (unpaired) electrons. The van der Waals surface area contributed by atoms with Gasteiger partial charge in [-0.05, 0) is 12.5 Å². The predicted octanol–water partition coefficient (Wildman–Crippen LogP) is 1.56. The van der Waals surface area contributed by atoms with Gasteiger partial charge in [0.25, 0.3) is 0 Å². The first kappa shape index (κ1) is 14.8. The highest BCUT2D eigenvalue weighted by molar-refractivity contribution is 5.82. The van der Waals surface area contributed by atoms with Crippen LogP contribution in [0.25, 0.3) is 0 Å². The van der Waals surface area contributed by atoms with Gasteiger partial charge in [-0.2, -0.15) is 0 Å². The Morgan fingerprint density at radius 3 is 2.47 bits per heavy atom. The quantitative estimate of drug-likeness (QED) is 0.681. The number of rotatable bonds is 6. The number of hydrogen-bond donors (Lipinski definition) is 3. The van der Waals surface area contributed by atoms with Crippen LogP contribution in [-0.4, -0.2) is 29.7 Å². The third-order valence-electron chi connectivity index (χ3n) is 2.44. The van der Waals surface area contributed by atoms with Gasteiger partial charge in [0, 0.05) is 13.0 Å². The number of benzene rings is 1. The van der Waals surface area contributed by atoms with Gasteiger partial charge < -0.3 is 15.7 Å². The maximum atomic E-state index is 11.5. The van der Waals surface area contributed by atoms with E-state index in [-0.39, 0.29) is 6.42 Å². The van der Waals surface area contributed by atoms with E-state index in [9.17, 15) is 9.59 Å². The molecule has 1 rings (SSSR count). The molecule has 1 aromatic carbocycles. The van der Waals surface area contributed by atoms with Crippen LogP contribution in [0, 0.1) is 0 Å². The van der Waals surface area contributed by atoms with Gasteiger partial charge in [0.15, 0.2) is 0 Å². The van der Waals surface area contributed by atoms with Crippen LogP contribution in [-0.2, 0) is 11.2 Å². The number of carboxylic acids is 1. The Labute approximate surface area is 112 Å². The number of urea groups is 1. The fourth-order valence-electron chi connectivity index (χ4n) is 1.49. The van der Waals surface area contributed by atoms with Crippen LogP contribution in [0.3, 0.4) is 0 Å². The Hall–Kier alpha value is -2.30. The molecule has 0 aromatic heterocycles. The SMILES string of the molecule is C=C(C)CNC(=O)NC(Cc1ccccc1)C(=O)O. The molecule has 3 N–H and O–H groups in total. The molecule has 5 nitrogen and oxygen atoms in total. The molecule has 0 aliphatic carbocycles. The Kier molecular flexibility index (Phi) is 5.60. The van der Waals surface area contributed by atoms with E-state index in [1.54, 1.807) is 6.92 Å². The van der Waals surface area contributed by atoms with Crippen molar-refractivity contribution in [3.8, 4) is 0 Å². The first-order valence-corrected chi connectivity index (χ1v) is 5.94. The van der Waals surface area contributed by atoms with Crippen molar-refractivity contribution in [3.63, 3.8) is 0 Å². The summed E-state index contributed by atoms with van der Waals surface area (Å²) in [5.41, 5.74) is 1.65. The highest BCUT2D eigenvalue weighted by atomic mass is 16.4. The van der Waals surface area contributed by atoms with Crippen molar-refractivity contribution in [1.29, 1.82) is 0 Å². The Morgan fingerprint density at radius 2 is 1.95 bits per heavy atom. The average molecular weight is 262 g/mol. The molecule has 1 atom stereocenters. The highest BCUT2D eigenvalue weighted by Gasteiger charge is 2.19. The van der Waals surface area contributed by atoms with E-state index in [2.05, 4.69) is 17.2 Å². The molecule has 0 aliphatic rings. The molecule has 0 heterocycles. The fraction of sp³-hybridized carbons (Fsp3) is 0.286. The van der Waals surface area contributed by atoms with Crippen molar-refractivity contribution in [2.45, 2.75) is 19.4 Å². The number of carbonyl (C=O) groups excluding carboxylic acids is 1. The van der Waals surface area contributed by atoms with E-state index in [0.29, 0.717) is 6.54 Å². The van der Waals surface area contributed by atoms with E-state index >= 15 is 0 Å². The number of hydrogen-bond acceptors (Lipinski definition) is 2. The molecule has 2 amide bonds. The summed E-state index contributed by atoms with van der Waals surface area (Å²) in [6, 6.07) is 7.70. The van der Waals surface area contributed by atoms with Crippen LogP contribution >= 0.6 is 0 Å². The van der Waals surface area contributed by atoms with E-state index < -0.39 is 18.0 Å². The Balaban J connectivity index is 2.56. The van der Waals surface area contributed by atoms with Crippen LogP contribution in [0.1, 0.15) is 12.5 Å². The third-order valence-corrected chi connectivity index (χ3v) is 2.44. The van der Waals surface area contributed by atoms with Crippen molar-refractivity contribution in [2.75, 3.05) is 6.54 Å². The zero-order valence-corrected chi connectivity index (χ0v) is 10.8. The molecular weight excluding hydrogens is 244 g/mol. The van der Waals surface area contributed by atoms with Gasteiger partial charge in [-0.3, -0.25) is 0 Å². The second-order valence-corrected chi connectivity index (χ2v) is 4.36. The topological polar surface area (TPSA) is 78.4 Å². The summed E-state index contributed by atoms with van der Waals surface area (Å²) < 4.78 is 0. The van der Waals surface area contributed by atoms with Crippen LogP contribution in [0.2, 0.25) is 0 Å². The van der Waals surface area contributed by atoms with Gasteiger partial charge in [-0.1, -0.05) is 42.5 Å². The van der Waals surface area contributed by atoms with Crippen molar-refractivity contribution in [1.82, 2.24) is 10.6 Å². The monoisotopic (exact) mass is 262 g/mol. The average Bonchev–Trinajstić information content (AvgIpc) is 2.36. The zero-order chi connectivity index (χ0) is 14.3. The lowest BCUT2D eigenvalue weighted by atomic mass is 10.1.